The molecule has 4 rings (SSSR count). The number of fused-ring (bicyclic) bond motifs is 1. The summed E-state index contributed by atoms with van der Waals surface area (Å²) in [7, 11) is 0. The number of aromatic nitrogens is 4. The van der Waals surface area contributed by atoms with Gasteiger partial charge in [-0.3, -0.25) is 14.6 Å². The fourth-order valence-corrected chi connectivity index (χ4v) is 3.47. The quantitative estimate of drug-likeness (QED) is 0.917. The molecule has 1 N–H and O–H groups in total. The molecule has 122 valence electrons. The highest BCUT2D eigenvalue weighted by Gasteiger charge is 2.32. The van der Waals surface area contributed by atoms with Gasteiger partial charge < -0.3 is 9.64 Å². The Morgan fingerprint density at radius 1 is 1.52 bits per heavy atom. The van der Waals surface area contributed by atoms with Gasteiger partial charge in [0.15, 0.2) is 0 Å². The molecule has 0 radical (unpaired) electrons. The predicted molar refractivity (Wildman–Crippen MR) is 82.8 cm³/mol. The highest BCUT2D eigenvalue weighted by Crippen LogP contribution is 2.31. The van der Waals surface area contributed by atoms with Gasteiger partial charge in [-0.15, -0.1) is 0 Å². The molecule has 2 aliphatic heterocycles. The fraction of sp³-hybridized carbons (Fsp3) is 0.562. The molecule has 2 aromatic heterocycles. The van der Waals surface area contributed by atoms with E-state index in [9.17, 15) is 4.79 Å². The van der Waals surface area contributed by atoms with Crippen molar-refractivity contribution in [3.8, 4) is 0 Å². The number of carbonyl (C=O) groups excluding carboxylic acids is 1. The molecule has 7 nitrogen and oxygen atoms in total. The summed E-state index contributed by atoms with van der Waals surface area (Å²) in [5.74, 6) is 0.427. The van der Waals surface area contributed by atoms with Gasteiger partial charge in [0.05, 0.1) is 25.1 Å². The van der Waals surface area contributed by atoms with Crippen LogP contribution in [0, 0.1) is 6.92 Å². The lowest BCUT2D eigenvalue weighted by molar-refractivity contribution is -0.131. The van der Waals surface area contributed by atoms with Crippen LogP contribution < -0.4 is 0 Å². The Hall–Kier alpha value is -2.15. The highest BCUT2D eigenvalue weighted by atomic mass is 16.5. The second-order valence-corrected chi connectivity index (χ2v) is 6.41. The Kier molecular flexibility index (Phi) is 3.65. The number of aryl methyl sites for hydroxylation is 1. The van der Waals surface area contributed by atoms with Crippen LogP contribution in [0.4, 0.5) is 0 Å². The SMILES string of the molecule is Cc1cnn(CC(=O)N2CCC(c3n[nH]c4c3COCC4)C2)c1. The fourth-order valence-electron chi connectivity index (χ4n) is 3.47. The van der Waals surface area contributed by atoms with Crippen molar-refractivity contribution in [2.45, 2.75) is 38.8 Å². The van der Waals surface area contributed by atoms with E-state index in [1.54, 1.807) is 10.9 Å². The van der Waals surface area contributed by atoms with Gasteiger partial charge in [-0.05, 0) is 18.9 Å². The number of likely N-dealkylation sites (tertiary alicyclic amines) is 1. The van der Waals surface area contributed by atoms with E-state index in [0.29, 0.717) is 19.1 Å². The highest BCUT2D eigenvalue weighted by molar-refractivity contribution is 5.76. The van der Waals surface area contributed by atoms with Crippen molar-refractivity contribution in [2.75, 3.05) is 19.7 Å². The maximum atomic E-state index is 12.4. The van der Waals surface area contributed by atoms with E-state index >= 15 is 0 Å². The number of carbonyl (C=O) groups is 1. The molecule has 1 amide bonds. The van der Waals surface area contributed by atoms with Crippen molar-refractivity contribution in [3.63, 3.8) is 0 Å². The largest absolute Gasteiger partial charge is 0.376 e. The lowest BCUT2D eigenvalue weighted by atomic mass is 9.98. The van der Waals surface area contributed by atoms with Crippen LogP contribution in [-0.4, -0.2) is 50.5 Å². The Morgan fingerprint density at radius 2 is 2.43 bits per heavy atom. The summed E-state index contributed by atoms with van der Waals surface area (Å²) < 4.78 is 7.26. The molecule has 7 heteroatoms. The van der Waals surface area contributed by atoms with E-state index in [-0.39, 0.29) is 5.91 Å². The van der Waals surface area contributed by atoms with Crippen molar-refractivity contribution < 1.29 is 9.53 Å². The number of H-pyrrole nitrogens is 1. The minimum atomic E-state index is 0.122. The summed E-state index contributed by atoms with van der Waals surface area (Å²) >= 11 is 0. The molecule has 2 aliphatic rings. The number of hydrogen-bond donors (Lipinski definition) is 1. The molecule has 0 aliphatic carbocycles. The number of rotatable bonds is 3. The maximum Gasteiger partial charge on any atom is 0.244 e. The molecule has 0 aromatic carbocycles. The number of nitrogens with zero attached hydrogens (tertiary/aromatic N) is 4. The van der Waals surface area contributed by atoms with Gasteiger partial charge >= 0.3 is 0 Å². The normalized spacial score (nSPS) is 20.7. The van der Waals surface area contributed by atoms with Crippen LogP contribution in [0.25, 0.3) is 0 Å². The first kappa shape index (κ1) is 14.4. The average molecular weight is 315 g/mol. The molecule has 23 heavy (non-hydrogen) atoms. The topological polar surface area (TPSA) is 76.0 Å². The molecule has 1 atom stereocenters. The lowest BCUT2D eigenvalue weighted by Gasteiger charge is -2.17. The van der Waals surface area contributed by atoms with Gasteiger partial charge in [-0.1, -0.05) is 0 Å². The second-order valence-electron chi connectivity index (χ2n) is 6.41. The molecular formula is C16H21N5O2. The zero-order chi connectivity index (χ0) is 15.8. The van der Waals surface area contributed by atoms with Crippen molar-refractivity contribution in [3.05, 3.63) is 34.9 Å². The van der Waals surface area contributed by atoms with Gasteiger partial charge in [-0.2, -0.15) is 10.2 Å². The molecule has 2 aromatic rings. The van der Waals surface area contributed by atoms with Gasteiger partial charge in [0, 0.05) is 42.9 Å². The van der Waals surface area contributed by atoms with Gasteiger partial charge in [-0.25, -0.2) is 0 Å². The van der Waals surface area contributed by atoms with Crippen LogP contribution in [0.1, 0.15) is 34.9 Å². The minimum Gasteiger partial charge on any atom is -0.376 e. The van der Waals surface area contributed by atoms with E-state index in [4.69, 9.17) is 4.74 Å². The molecule has 0 spiro atoms. The van der Waals surface area contributed by atoms with Crippen molar-refractivity contribution in [1.29, 1.82) is 0 Å². The molecule has 1 saturated heterocycles. The summed E-state index contributed by atoms with van der Waals surface area (Å²) in [5, 5.41) is 11.8. The van der Waals surface area contributed by atoms with Crippen molar-refractivity contribution in [1.82, 2.24) is 24.9 Å². The van der Waals surface area contributed by atoms with Crippen LogP contribution in [0.15, 0.2) is 12.4 Å². The molecular weight excluding hydrogens is 294 g/mol. The summed E-state index contributed by atoms with van der Waals surface area (Å²) in [4.78, 5) is 14.4. The minimum absolute atomic E-state index is 0.122. The standard InChI is InChI=1S/C16H21N5O2/c1-11-6-17-21(7-11)9-15(22)20-4-2-12(8-20)16-13-10-23-5-3-14(13)18-19-16/h6-7,12H,2-5,8-10H2,1H3,(H,18,19). The Morgan fingerprint density at radius 3 is 3.26 bits per heavy atom. The van der Waals surface area contributed by atoms with E-state index in [0.717, 1.165) is 43.8 Å². The summed E-state index contributed by atoms with van der Waals surface area (Å²) in [6.07, 6.45) is 5.53. The van der Waals surface area contributed by atoms with Crippen LogP contribution in [0.3, 0.4) is 0 Å². The van der Waals surface area contributed by atoms with Gasteiger partial charge in [0.25, 0.3) is 0 Å². The van der Waals surface area contributed by atoms with Crippen molar-refractivity contribution in [2.24, 2.45) is 0 Å². The van der Waals surface area contributed by atoms with Crippen LogP contribution in [0.5, 0.6) is 0 Å². The summed E-state index contributed by atoms with van der Waals surface area (Å²) in [6, 6.07) is 0. The van der Waals surface area contributed by atoms with Crippen LogP contribution in [0.2, 0.25) is 0 Å². The lowest BCUT2D eigenvalue weighted by Crippen LogP contribution is -2.32. The third-order valence-electron chi connectivity index (χ3n) is 4.71. The average Bonchev–Trinajstić information content (AvgIpc) is 3.25. The Balaban J connectivity index is 1.43. The molecule has 1 fully saturated rings. The zero-order valence-electron chi connectivity index (χ0n) is 13.3. The number of nitrogens with one attached hydrogen (secondary N) is 1. The molecule has 0 saturated carbocycles. The number of ether oxygens (including phenoxy) is 1. The number of amides is 1. The zero-order valence-corrected chi connectivity index (χ0v) is 13.3. The van der Waals surface area contributed by atoms with E-state index < -0.39 is 0 Å². The first-order valence-corrected chi connectivity index (χ1v) is 8.11. The maximum absolute atomic E-state index is 12.4. The van der Waals surface area contributed by atoms with Gasteiger partial charge in [0.1, 0.15) is 6.54 Å². The first-order chi connectivity index (χ1) is 11.2. The monoisotopic (exact) mass is 315 g/mol. The summed E-state index contributed by atoms with van der Waals surface area (Å²) in [6.45, 7) is 5.19. The smallest absolute Gasteiger partial charge is 0.244 e. The third-order valence-corrected chi connectivity index (χ3v) is 4.71. The Bertz CT molecular complexity index is 720. The van der Waals surface area contributed by atoms with E-state index in [2.05, 4.69) is 15.3 Å². The number of hydrogen-bond acceptors (Lipinski definition) is 4. The van der Waals surface area contributed by atoms with Crippen molar-refractivity contribution >= 4 is 5.91 Å². The molecule has 1 unspecified atom stereocenters. The van der Waals surface area contributed by atoms with Gasteiger partial charge in [0.2, 0.25) is 5.91 Å². The van der Waals surface area contributed by atoms with Crippen LogP contribution >= 0.6 is 0 Å². The molecule has 0 bridgehead atoms. The Labute approximate surface area is 134 Å². The van der Waals surface area contributed by atoms with E-state index in [1.165, 1.54) is 11.3 Å². The van der Waals surface area contributed by atoms with E-state index in [1.807, 2.05) is 18.0 Å². The second kappa shape index (κ2) is 5.81. The predicted octanol–water partition coefficient (Wildman–Crippen LogP) is 1.00. The molecule has 4 heterocycles. The number of aromatic amines is 1. The first-order valence-electron chi connectivity index (χ1n) is 8.11. The third kappa shape index (κ3) is 2.76. The van der Waals surface area contributed by atoms with Crippen LogP contribution in [-0.2, 0) is 29.1 Å². The summed E-state index contributed by atoms with van der Waals surface area (Å²) in [5.41, 5.74) is 4.56.